The normalized spacial score (nSPS) is 11.7. The lowest BCUT2D eigenvalue weighted by molar-refractivity contribution is -0.396. The van der Waals surface area contributed by atoms with Crippen molar-refractivity contribution in [2.45, 2.75) is 17.9 Å². The van der Waals surface area contributed by atoms with Crippen LogP contribution < -0.4 is 0 Å². The number of hydrogen-bond acceptors (Lipinski definition) is 7. The lowest BCUT2D eigenvalue weighted by atomic mass is 10.3. The summed E-state index contributed by atoms with van der Waals surface area (Å²) < 4.78 is 34.2. The van der Waals surface area contributed by atoms with Crippen molar-refractivity contribution in [3.63, 3.8) is 0 Å². The van der Waals surface area contributed by atoms with E-state index in [0.717, 1.165) is 16.4 Å². The molecule has 0 fully saturated rings. The summed E-state index contributed by atoms with van der Waals surface area (Å²) >= 11 is 0. The van der Waals surface area contributed by atoms with Gasteiger partial charge in [-0.15, -0.1) is 0 Å². The molecule has 0 aliphatic heterocycles. The predicted molar refractivity (Wildman–Crippen MR) is 99.3 cm³/mol. The molecule has 0 bridgehead atoms. The van der Waals surface area contributed by atoms with Gasteiger partial charge < -0.3 is 9.30 Å². The average molecular weight is 412 g/mol. The summed E-state index contributed by atoms with van der Waals surface area (Å²) in [5.74, 6) is 0. The van der Waals surface area contributed by atoms with Crippen molar-refractivity contribution in [1.29, 1.82) is 0 Å². The van der Waals surface area contributed by atoms with Crippen LogP contribution in [0.1, 0.15) is 12.1 Å². The van der Waals surface area contributed by atoms with Gasteiger partial charge in [0.2, 0.25) is 10.0 Å². The fourth-order valence-corrected chi connectivity index (χ4v) is 4.22. The van der Waals surface area contributed by atoms with Gasteiger partial charge in [0, 0.05) is 45.3 Å². The van der Waals surface area contributed by atoms with E-state index in [1.54, 1.807) is 29.9 Å². The Morgan fingerprint density at radius 1 is 1.18 bits per heavy atom. The van der Waals surface area contributed by atoms with Gasteiger partial charge in [0.15, 0.2) is 4.90 Å². The number of nitrogens with zero attached hydrogens (tertiary/aromatic N) is 4. The first-order valence-electron chi connectivity index (χ1n) is 8.20. The summed E-state index contributed by atoms with van der Waals surface area (Å²) in [6, 6.07) is 5.99. The number of nitro benzene ring substituents is 2. The molecular formula is C16H20N4O7S. The molecule has 0 radical (unpaired) electrons. The molecule has 0 saturated heterocycles. The zero-order valence-corrected chi connectivity index (χ0v) is 16.2. The Bertz CT molecular complexity index is 971. The first kappa shape index (κ1) is 21.5. The number of hydrogen-bond donors (Lipinski definition) is 0. The highest BCUT2D eigenvalue weighted by molar-refractivity contribution is 7.89. The number of benzene rings is 1. The Morgan fingerprint density at radius 2 is 1.89 bits per heavy atom. The second-order valence-electron chi connectivity index (χ2n) is 5.96. The van der Waals surface area contributed by atoms with Crippen molar-refractivity contribution in [3.05, 3.63) is 62.5 Å². The molecule has 1 aromatic heterocycles. The van der Waals surface area contributed by atoms with E-state index in [2.05, 4.69) is 0 Å². The van der Waals surface area contributed by atoms with E-state index in [-0.39, 0.29) is 13.1 Å². The molecular weight excluding hydrogens is 392 g/mol. The molecule has 0 unspecified atom stereocenters. The average Bonchev–Trinajstić information content (AvgIpc) is 3.05. The molecule has 12 heteroatoms. The van der Waals surface area contributed by atoms with Crippen LogP contribution in [0, 0.1) is 20.2 Å². The van der Waals surface area contributed by atoms with Crippen LogP contribution in [-0.2, 0) is 28.4 Å². The van der Waals surface area contributed by atoms with Crippen LogP contribution in [0.15, 0.2) is 41.4 Å². The van der Waals surface area contributed by atoms with Crippen LogP contribution in [-0.4, -0.2) is 47.4 Å². The van der Waals surface area contributed by atoms with Crippen LogP contribution >= 0.6 is 0 Å². The van der Waals surface area contributed by atoms with Crippen molar-refractivity contribution >= 4 is 21.4 Å². The van der Waals surface area contributed by atoms with E-state index in [9.17, 15) is 28.6 Å². The van der Waals surface area contributed by atoms with E-state index in [0.29, 0.717) is 24.8 Å². The molecule has 2 rings (SSSR count). The van der Waals surface area contributed by atoms with Gasteiger partial charge in [-0.2, -0.15) is 4.31 Å². The second kappa shape index (κ2) is 8.91. The third kappa shape index (κ3) is 4.71. The Balaban J connectivity index is 2.50. The molecule has 0 saturated carbocycles. The molecule has 1 heterocycles. The van der Waals surface area contributed by atoms with Crippen molar-refractivity contribution in [3.8, 4) is 0 Å². The van der Waals surface area contributed by atoms with Crippen LogP contribution in [0.25, 0.3) is 0 Å². The van der Waals surface area contributed by atoms with Crippen molar-refractivity contribution < 1.29 is 23.0 Å². The number of aryl methyl sites for hydroxylation is 1. The lowest BCUT2D eigenvalue weighted by Crippen LogP contribution is -2.33. The third-order valence-corrected chi connectivity index (χ3v) is 6.01. The first-order chi connectivity index (χ1) is 13.2. The maximum atomic E-state index is 13.2. The summed E-state index contributed by atoms with van der Waals surface area (Å²) in [5, 5.41) is 22.3. The van der Waals surface area contributed by atoms with Crippen LogP contribution in [0.2, 0.25) is 0 Å². The maximum absolute atomic E-state index is 13.2. The fourth-order valence-electron chi connectivity index (χ4n) is 2.63. The van der Waals surface area contributed by atoms with Crippen molar-refractivity contribution in [2.75, 3.05) is 20.3 Å². The number of non-ortho nitro benzene ring substituents is 1. The van der Waals surface area contributed by atoms with E-state index in [1.807, 2.05) is 0 Å². The summed E-state index contributed by atoms with van der Waals surface area (Å²) in [6.45, 7) is 0.362. The second-order valence-corrected chi connectivity index (χ2v) is 7.87. The summed E-state index contributed by atoms with van der Waals surface area (Å²) in [7, 11) is -1.06. The summed E-state index contributed by atoms with van der Waals surface area (Å²) in [5.41, 5.74) is -0.706. The molecule has 0 amide bonds. The molecule has 152 valence electrons. The first-order valence-corrected chi connectivity index (χ1v) is 9.64. The lowest BCUT2D eigenvalue weighted by Gasteiger charge is -2.22. The number of rotatable bonds is 10. The highest BCUT2D eigenvalue weighted by Crippen LogP contribution is 2.31. The number of nitro groups is 2. The van der Waals surface area contributed by atoms with E-state index in [4.69, 9.17) is 4.74 Å². The topological polar surface area (TPSA) is 138 Å². The monoisotopic (exact) mass is 412 g/mol. The molecule has 1 aromatic carbocycles. The SMILES string of the molecule is COCCCN(Cc1cccn1C)S(=O)(=O)c1ccc([N+](=O)[O-])cc1[N+](=O)[O-]. The van der Waals surface area contributed by atoms with Crippen LogP contribution in [0.4, 0.5) is 11.4 Å². The summed E-state index contributed by atoms with van der Waals surface area (Å²) in [6.07, 6.45) is 2.13. The third-order valence-electron chi connectivity index (χ3n) is 4.11. The Morgan fingerprint density at radius 3 is 2.43 bits per heavy atom. The number of sulfonamides is 1. The molecule has 0 spiro atoms. The number of aromatic nitrogens is 1. The smallest absolute Gasteiger partial charge is 0.296 e. The quantitative estimate of drug-likeness (QED) is 0.331. The Kier molecular flexibility index (Phi) is 6.83. The van der Waals surface area contributed by atoms with Gasteiger partial charge in [-0.1, -0.05) is 0 Å². The summed E-state index contributed by atoms with van der Waals surface area (Å²) in [4.78, 5) is 19.9. The highest BCUT2D eigenvalue weighted by Gasteiger charge is 2.33. The molecule has 28 heavy (non-hydrogen) atoms. The van der Waals surface area contributed by atoms with E-state index >= 15 is 0 Å². The molecule has 0 aliphatic rings. The van der Waals surface area contributed by atoms with E-state index in [1.165, 1.54) is 7.11 Å². The minimum Gasteiger partial charge on any atom is -0.385 e. The molecule has 11 nitrogen and oxygen atoms in total. The predicted octanol–water partition coefficient (Wildman–Crippen LogP) is 2.07. The molecule has 2 aromatic rings. The van der Waals surface area contributed by atoms with Crippen molar-refractivity contribution in [2.24, 2.45) is 7.05 Å². The minimum atomic E-state index is -4.29. The van der Waals surface area contributed by atoms with Gasteiger partial charge in [0.1, 0.15) is 0 Å². The van der Waals surface area contributed by atoms with Gasteiger partial charge in [-0.25, -0.2) is 8.42 Å². The van der Waals surface area contributed by atoms with Crippen molar-refractivity contribution in [1.82, 2.24) is 8.87 Å². The van der Waals surface area contributed by atoms with Gasteiger partial charge in [-0.05, 0) is 24.6 Å². The van der Waals surface area contributed by atoms with E-state index < -0.39 is 36.1 Å². The molecule has 0 aliphatic carbocycles. The van der Waals surface area contributed by atoms with Gasteiger partial charge in [0.25, 0.3) is 11.4 Å². The zero-order valence-electron chi connectivity index (χ0n) is 15.3. The van der Waals surface area contributed by atoms with Crippen LogP contribution in [0.3, 0.4) is 0 Å². The highest BCUT2D eigenvalue weighted by atomic mass is 32.2. The minimum absolute atomic E-state index is 0.0102. The molecule has 0 N–H and O–H groups in total. The zero-order chi connectivity index (χ0) is 20.9. The standard InChI is InChI=1S/C16H20N4O7S/c1-17-8-3-5-14(17)12-18(9-4-10-27-2)28(25,26)16-7-6-13(19(21)22)11-15(16)20(23)24/h3,5-8,11H,4,9-10,12H2,1-2H3. The maximum Gasteiger partial charge on any atom is 0.296 e. The Hall–Kier alpha value is -2.83. The van der Waals surface area contributed by atoms with Crippen LogP contribution in [0.5, 0.6) is 0 Å². The molecule has 0 atom stereocenters. The number of ether oxygens (including phenoxy) is 1. The fraction of sp³-hybridized carbons (Fsp3) is 0.375. The van der Waals surface area contributed by atoms with Gasteiger partial charge in [0.05, 0.1) is 22.5 Å². The largest absolute Gasteiger partial charge is 0.385 e. The van der Waals surface area contributed by atoms with Gasteiger partial charge >= 0.3 is 0 Å². The number of methoxy groups -OCH3 is 1. The van der Waals surface area contributed by atoms with Gasteiger partial charge in [-0.3, -0.25) is 20.2 Å². The Labute approximate surface area is 161 Å².